The van der Waals surface area contributed by atoms with Gasteiger partial charge in [0.25, 0.3) is 11.1 Å². The molecule has 0 saturated carbocycles. The first-order chi connectivity index (χ1) is 8.58. The van der Waals surface area contributed by atoms with E-state index in [0.717, 1.165) is 0 Å². The minimum absolute atomic E-state index is 0.432. The zero-order chi connectivity index (χ0) is 14.8. The van der Waals surface area contributed by atoms with E-state index in [1.165, 1.54) is 13.8 Å². The molecule has 0 aromatic heterocycles. The molecule has 0 aromatic carbocycles. The van der Waals surface area contributed by atoms with Gasteiger partial charge in [-0.1, -0.05) is 0 Å². The predicted octanol–water partition coefficient (Wildman–Crippen LogP) is 2.26. The number of halogens is 2. The predicted molar refractivity (Wildman–Crippen MR) is 61.7 cm³/mol. The quantitative estimate of drug-likeness (QED) is 0.573. The number of hydrogen-bond acceptors (Lipinski definition) is 6. The summed E-state index contributed by atoms with van der Waals surface area (Å²) in [4.78, 5) is 10.0. The topological polar surface area (TPSA) is 102 Å². The third-order valence-electron chi connectivity index (χ3n) is 2.34. The Labute approximate surface area is 107 Å². The highest BCUT2D eigenvalue weighted by atomic mass is 32.2. The smallest absolute Gasteiger partial charge is 0.258 e. The van der Waals surface area contributed by atoms with E-state index in [1.807, 2.05) is 0 Å². The van der Waals surface area contributed by atoms with E-state index < -0.39 is 49.3 Å². The van der Waals surface area contributed by atoms with Crippen LogP contribution in [0.2, 0.25) is 0 Å². The second kappa shape index (κ2) is 5.11. The van der Waals surface area contributed by atoms with Crippen LogP contribution in [0.3, 0.4) is 0 Å². The van der Waals surface area contributed by atoms with E-state index in [9.17, 15) is 27.3 Å². The summed E-state index contributed by atoms with van der Waals surface area (Å²) in [6.45, 7) is 2.69. The zero-order valence-corrected chi connectivity index (χ0v) is 10.9. The fraction of sp³-hybridized carbons (Fsp3) is 0.556. The maximum atomic E-state index is 11.8. The Hall–Kier alpha value is -1.71. The van der Waals surface area contributed by atoms with Crippen molar-refractivity contribution in [3.8, 4) is 0 Å². The van der Waals surface area contributed by atoms with Crippen LogP contribution in [0.15, 0.2) is 33.1 Å². The fourth-order valence-electron chi connectivity index (χ4n) is 1.46. The molecular weight excluding hydrogens is 284 g/mol. The average molecular weight is 295 g/mol. The molecule has 1 heterocycles. The second-order valence-electron chi connectivity index (χ2n) is 4.27. The van der Waals surface area contributed by atoms with Gasteiger partial charge in [-0.05, 0) is 26.3 Å². The van der Waals surface area contributed by atoms with Gasteiger partial charge in [0, 0.05) is 0 Å². The molecule has 0 aliphatic carbocycles. The Morgan fingerprint density at radius 1 is 1.47 bits per heavy atom. The van der Waals surface area contributed by atoms with Crippen molar-refractivity contribution in [3.05, 3.63) is 33.0 Å². The SMILES string of the molecule is CC1(C)N=NC(S(=O)(=O)CCC=C(F)F)=C1[N+](=O)[O-]. The van der Waals surface area contributed by atoms with Crippen LogP contribution < -0.4 is 0 Å². The summed E-state index contributed by atoms with van der Waals surface area (Å²) < 4.78 is 47.3. The van der Waals surface area contributed by atoms with Gasteiger partial charge in [0.15, 0.2) is 5.54 Å². The molecule has 0 bridgehead atoms. The summed E-state index contributed by atoms with van der Waals surface area (Å²) in [5, 5.41) is 17.0. The van der Waals surface area contributed by atoms with Crippen molar-refractivity contribution in [3.63, 3.8) is 0 Å². The van der Waals surface area contributed by atoms with Crippen LogP contribution in [0.4, 0.5) is 8.78 Å². The maximum Gasteiger partial charge on any atom is 0.313 e. The molecule has 10 heteroatoms. The van der Waals surface area contributed by atoms with E-state index in [2.05, 4.69) is 10.2 Å². The maximum absolute atomic E-state index is 11.8. The molecule has 0 atom stereocenters. The number of hydrogen-bond donors (Lipinski definition) is 0. The van der Waals surface area contributed by atoms with Gasteiger partial charge in [-0.3, -0.25) is 10.1 Å². The number of nitrogens with zero attached hydrogens (tertiary/aromatic N) is 3. The first-order valence-corrected chi connectivity index (χ1v) is 6.79. The molecule has 1 aliphatic rings. The van der Waals surface area contributed by atoms with Crippen molar-refractivity contribution in [2.75, 3.05) is 5.75 Å². The number of azo groups is 1. The van der Waals surface area contributed by atoms with Crippen LogP contribution in [0.5, 0.6) is 0 Å². The highest BCUT2D eigenvalue weighted by molar-refractivity contribution is 7.95. The van der Waals surface area contributed by atoms with Crippen molar-refractivity contribution < 1.29 is 22.1 Å². The first-order valence-electron chi connectivity index (χ1n) is 5.14. The number of nitro groups is 1. The molecule has 0 aromatic rings. The summed E-state index contributed by atoms with van der Waals surface area (Å²) in [6.07, 6.45) is -2.02. The Balaban J connectivity index is 3.13. The first kappa shape index (κ1) is 15.3. The third kappa shape index (κ3) is 3.40. The minimum atomic E-state index is -4.12. The van der Waals surface area contributed by atoms with Crippen molar-refractivity contribution in [1.29, 1.82) is 0 Å². The van der Waals surface area contributed by atoms with Gasteiger partial charge in [0.05, 0.1) is 10.7 Å². The van der Waals surface area contributed by atoms with Crippen LogP contribution >= 0.6 is 0 Å². The van der Waals surface area contributed by atoms with Gasteiger partial charge in [0.1, 0.15) is 0 Å². The largest absolute Gasteiger partial charge is 0.313 e. The highest BCUT2D eigenvalue weighted by Crippen LogP contribution is 2.35. The molecule has 19 heavy (non-hydrogen) atoms. The van der Waals surface area contributed by atoms with Crippen molar-refractivity contribution in [2.45, 2.75) is 25.8 Å². The molecule has 0 radical (unpaired) electrons. The van der Waals surface area contributed by atoms with Gasteiger partial charge in [-0.15, -0.1) is 5.11 Å². The summed E-state index contributed by atoms with van der Waals surface area (Å²) in [5.74, 6) is -0.688. The lowest BCUT2D eigenvalue weighted by Crippen LogP contribution is -2.25. The molecule has 0 amide bonds. The summed E-state index contributed by atoms with van der Waals surface area (Å²) in [6, 6.07) is 0. The van der Waals surface area contributed by atoms with E-state index in [1.54, 1.807) is 0 Å². The number of rotatable bonds is 5. The normalized spacial score (nSPS) is 17.7. The lowest BCUT2D eigenvalue weighted by Gasteiger charge is -2.09. The molecular formula is C9H11F2N3O4S. The van der Waals surface area contributed by atoms with Crippen LogP contribution in [-0.2, 0) is 9.84 Å². The molecule has 0 spiro atoms. The average Bonchev–Trinajstić information content (AvgIpc) is 2.53. The lowest BCUT2D eigenvalue weighted by atomic mass is 10.0. The molecule has 0 fully saturated rings. The summed E-state index contributed by atoms with van der Waals surface area (Å²) in [5.41, 5.74) is -2.00. The molecule has 0 saturated heterocycles. The number of allylic oxidation sites excluding steroid dienone is 1. The molecule has 106 valence electrons. The monoisotopic (exact) mass is 295 g/mol. The third-order valence-corrected chi connectivity index (χ3v) is 3.97. The van der Waals surface area contributed by atoms with Crippen LogP contribution in [0.25, 0.3) is 0 Å². The van der Waals surface area contributed by atoms with Crippen molar-refractivity contribution in [2.24, 2.45) is 10.2 Å². The minimum Gasteiger partial charge on any atom is -0.258 e. The molecule has 7 nitrogen and oxygen atoms in total. The summed E-state index contributed by atoms with van der Waals surface area (Å²) in [7, 11) is -4.12. The number of sulfone groups is 1. The summed E-state index contributed by atoms with van der Waals surface area (Å²) >= 11 is 0. The lowest BCUT2D eigenvalue weighted by molar-refractivity contribution is -0.433. The fourth-order valence-corrected chi connectivity index (χ4v) is 2.86. The standard InChI is InChI=1S/C9H11F2N3O4S/c1-9(2)7(14(15)16)8(12-13-9)19(17,18)5-3-4-6(10)11/h4H,3,5H2,1-2H3. The van der Waals surface area contributed by atoms with E-state index >= 15 is 0 Å². The van der Waals surface area contributed by atoms with Gasteiger partial charge < -0.3 is 0 Å². The second-order valence-corrected chi connectivity index (χ2v) is 6.30. The van der Waals surface area contributed by atoms with E-state index in [-0.39, 0.29) is 0 Å². The highest BCUT2D eigenvalue weighted by Gasteiger charge is 2.46. The molecule has 0 N–H and O–H groups in total. The van der Waals surface area contributed by atoms with Crippen molar-refractivity contribution >= 4 is 9.84 Å². The van der Waals surface area contributed by atoms with E-state index in [0.29, 0.717) is 6.08 Å². The molecule has 0 unspecified atom stereocenters. The zero-order valence-electron chi connectivity index (χ0n) is 10.1. The van der Waals surface area contributed by atoms with Gasteiger partial charge in [0.2, 0.25) is 9.84 Å². The Morgan fingerprint density at radius 3 is 2.53 bits per heavy atom. The Morgan fingerprint density at radius 2 is 2.05 bits per heavy atom. The molecule has 1 aliphatic heterocycles. The Kier molecular flexibility index (Phi) is 4.13. The van der Waals surface area contributed by atoms with Gasteiger partial charge in [-0.2, -0.15) is 13.9 Å². The Bertz CT molecular complexity index is 589. The van der Waals surface area contributed by atoms with Crippen LogP contribution in [-0.4, -0.2) is 24.6 Å². The van der Waals surface area contributed by atoms with Crippen LogP contribution in [0, 0.1) is 10.1 Å². The van der Waals surface area contributed by atoms with Crippen LogP contribution in [0.1, 0.15) is 20.3 Å². The van der Waals surface area contributed by atoms with Crippen molar-refractivity contribution in [1.82, 2.24) is 0 Å². The van der Waals surface area contributed by atoms with Gasteiger partial charge >= 0.3 is 5.70 Å². The van der Waals surface area contributed by atoms with E-state index in [4.69, 9.17) is 0 Å². The van der Waals surface area contributed by atoms with Gasteiger partial charge in [-0.25, -0.2) is 8.42 Å². The molecule has 1 rings (SSSR count).